The molecule has 388 valence electrons. The summed E-state index contributed by atoms with van der Waals surface area (Å²) in [6, 6.07) is 61.6. The van der Waals surface area contributed by atoms with Crippen LogP contribution < -0.4 is 26.2 Å². The van der Waals surface area contributed by atoms with E-state index in [0.717, 1.165) is 0 Å². The molecule has 2 aliphatic rings. The number of aromatic nitrogens is 1. The Bertz CT molecular complexity index is 4250. The van der Waals surface area contributed by atoms with Crippen LogP contribution in [0.25, 0.3) is 58.8 Å². The van der Waals surface area contributed by atoms with E-state index in [1.165, 1.54) is 154 Å². The van der Waals surface area contributed by atoms with Crippen LogP contribution in [0.1, 0.15) is 127 Å². The predicted molar refractivity (Wildman–Crippen MR) is 342 cm³/mol. The monoisotopic (exact) mass is 1030 g/mol. The number of fused-ring (bicyclic) bond motifs is 10. The van der Waals surface area contributed by atoms with Gasteiger partial charge in [0.2, 0.25) is 0 Å². The lowest BCUT2D eigenvalue weighted by Crippen LogP contribution is -2.61. The van der Waals surface area contributed by atoms with Crippen molar-refractivity contribution in [2.75, 3.05) is 9.80 Å². The molecule has 0 saturated heterocycles. The van der Waals surface area contributed by atoms with Gasteiger partial charge in [0.15, 0.2) is 0 Å². The highest BCUT2D eigenvalue weighted by Gasteiger charge is 2.46. The third kappa shape index (κ3) is 7.73. The van der Waals surface area contributed by atoms with Crippen LogP contribution in [-0.4, -0.2) is 11.3 Å². The van der Waals surface area contributed by atoms with Crippen molar-refractivity contribution < 1.29 is 0 Å². The number of hydrogen-bond acceptors (Lipinski definition) is 3. The summed E-state index contributed by atoms with van der Waals surface area (Å²) in [6.07, 6.45) is 0. The molecule has 0 fully saturated rings. The second kappa shape index (κ2) is 17.6. The van der Waals surface area contributed by atoms with E-state index >= 15 is 0 Å². The summed E-state index contributed by atoms with van der Waals surface area (Å²) in [6.45, 7) is 35.3. The van der Waals surface area contributed by atoms with Crippen LogP contribution in [-0.2, 0) is 16.2 Å². The third-order valence-corrected chi connectivity index (χ3v) is 18.6. The molecule has 2 aromatic heterocycles. The lowest BCUT2D eigenvalue weighted by atomic mass is 9.33. The highest BCUT2D eigenvalue weighted by molar-refractivity contribution is 7.26. The summed E-state index contributed by atoms with van der Waals surface area (Å²) in [7, 11) is 0. The Morgan fingerprint density at radius 3 is 1.62 bits per heavy atom. The average molecular weight is 1030 g/mol. The van der Waals surface area contributed by atoms with Crippen molar-refractivity contribution in [1.29, 1.82) is 0 Å². The minimum atomic E-state index is -0.166. The molecule has 0 saturated carbocycles. The first-order valence-corrected chi connectivity index (χ1v) is 29.1. The fraction of sp³-hybridized carbons (Fsp3) is 0.260. The van der Waals surface area contributed by atoms with E-state index in [1.807, 2.05) is 11.3 Å². The summed E-state index contributed by atoms with van der Waals surface area (Å²) >= 11 is 1.91. The first-order chi connectivity index (χ1) is 37.1. The number of para-hydroxylation sites is 1. The molecule has 9 aromatic carbocycles. The van der Waals surface area contributed by atoms with Gasteiger partial charge < -0.3 is 14.4 Å². The highest BCUT2D eigenvalue weighted by atomic mass is 32.1. The first kappa shape index (κ1) is 50.2. The maximum Gasteiger partial charge on any atom is 0.252 e. The Balaban J connectivity index is 1.16. The number of aryl methyl sites for hydroxylation is 4. The molecule has 0 N–H and O–H groups in total. The van der Waals surface area contributed by atoms with Crippen LogP contribution in [0, 0.1) is 27.7 Å². The average Bonchev–Trinajstić information content (AvgIpc) is 3.74. The van der Waals surface area contributed by atoms with Crippen molar-refractivity contribution in [3.8, 4) is 16.8 Å². The molecule has 4 heterocycles. The first-order valence-electron chi connectivity index (χ1n) is 28.3. The minimum Gasteiger partial charge on any atom is -0.311 e. The second-order valence-corrected chi connectivity index (χ2v) is 27.3. The van der Waals surface area contributed by atoms with Crippen LogP contribution in [0.15, 0.2) is 158 Å². The van der Waals surface area contributed by atoms with Crippen molar-refractivity contribution in [1.82, 2.24) is 4.57 Å². The van der Waals surface area contributed by atoms with Gasteiger partial charge >= 0.3 is 0 Å². The van der Waals surface area contributed by atoms with E-state index < -0.39 is 0 Å². The molecular formula is C73H72BN3S. The standard InChI is InChI=1S/C73H72BN3S/c1-42(2)47-28-31-60-56(36-47)57-40-59-63(41-61(57)75(60)52-22-17-16-18-23-52)77(69-45(5)34-50(35-46(69)6)72(10,11)12)65-39-51(73(13,14)15)38-64-67(65)74(59)58-30-29-49(71(7,8)9)37-62(58)76(64)68-43(3)32-48(33-44(68)4)53-25-21-26-55-54-24-19-20-27-66(54)78-70(53)55/h16-42H,1-15H3. The van der Waals surface area contributed by atoms with Crippen molar-refractivity contribution in [2.24, 2.45) is 0 Å². The summed E-state index contributed by atoms with van der Waals surface area (Å²) in [4.78, 5) is 5.40. The normalized spacial score (nSPS) is 13.6. The zero-order valence-electron chi connectivity index (χ0n) is 48.4. The molecule has 11 aromatic rings. The van der Waals surface area contributed by atoms with Gasteiger partial charge in [-0.2, -0.15) is 0 Å². The summed E-state index contributed by atoms with van der Waals surface area (Å²) < 4.78 is 5.20. The van der Waals surface area contributed by atoms with E-state index in [0.29, 0.717) is 5.92 Å². The van der Waals surface area contributed by atoms with Gasteiger partial charge in [-0.1, -0.05) is 167 Å². The molecule has 78 heavy (non-hydrogen) atoms. The molecule has 0 radical (unpaired) electrons. The lowest BCUT2D eigenvalue weighted by Gasteiger charge is -2.46. The van der Waals surface area contributed by atoms with Gasteiger partial charge in [0, 0.05) is 59.4 Å². The molecule has 0 spiro atoms. The zero-order chi connectivity index (χ0) is 54.6. The van der Waals surface area contributed by atoms with Crippen LogP contribution >= 0.6 is 11.3 Å². The van der Waals surface area contributed by atoms with Crippen molar-refractivity contribution in [3.05, 3.63) is 202 Å². The fourth-order valence-electron chi connectivity index (χ4n) is 13.3. The minimum absolute atomic E-state index is 0.00628. The smallest absolute Gasteiger partial charge is 0.252 e. The molecule has 0 amide bonds. The van der Waals surface area contributed by atoms with E-state index in [1.54, 1.807) is 0 Å². The summed E-state index contributed by atoms with van der Waals surface area (Å²) in [5, 5.41) is 5.24. The molecule has 2 aliphatic heterocycles. The molecule has 5 heteroatoms. The molecule has 13 rings (SSSR count). The third-order valence-electron chi connectivity index (χ3n) is 17.4. The SMILES string of the molecule is Cc1cc(-c2cccc3c2sc2ccccc23)cc(C)c1N1c2cc(C(C)(C)C)ccc2B2c3cc4c5cc(C(C)C)ccc5n(-c5ccccc5)c4cc3N(c3c(C)cc(C(C)(C)C)cc3C)c3cc(C(C)(C)C)cc1c32. The Hall–Kier alpha value is -7.34. The number of hydrogen-bond donors (Lipinski definition) is 0. The molecule has 3 nitrogen and oxygen atoms in total. The van der Waals surface area contributed by atoms with Gasteiger partial charge in [-0.15, -0.1) is 11.3 Å². The van der Waals surface area contributed by atoms with Crippen molar-refractivity contribution in [3.63, 3.8) is 0 Å². The van der Waals surface area contributed by atoms with Gasteiger partial charge in [0.25, 0.3) is 6.71 Å². The number of anilines is 6. The van der Waals surface area contributed by atoms with Gasteiger partial charge in [0.1, 0.15) is 0 Å². The van der Waals surface area contributed by atoms with Gasteiger partial charge in [0.05, 0.1) is 22.4 Å². The van der Waals surface area contributed by atoms with Gasteiger partial charge in [-0.05, 0) is 189 Å². The van der Waals surface area contributed by atoms with Crippen LogP contribution in [0.5, 0.6) is 0 Å². The quantitative estimate of drug-likeness (QED) is 0.159. The molecular weight excluding hydrogens is 962 g/mol. The second-order valence-electron chi connectivity index (χ2n) is 26.3. The summed E-state index contributed by atoms with van der Waals surface area (Å²) in [5.41, 5.74) is 27.9. The molecule has 0 atom stereocenters. The zero-order valence-corrected chi connectivity index (χ0v) is 49.2. The van der Waals surface area contributed by atoms with Crippen LogP contribution in [0.2, 0.25) is 0 Å². The van der Waals surface area contributed by atoms with Gasteiger partial charge in [-0.25, -0.2) is 0 Å². The van der Waals surface area contributed by atoms with Crippen molar-refractivity contribution >= 4 is 111 Å². The number of nitrogens with zero attached hydrogens (tertiary/aromatic N) is 3. The Morgan fingerprint density at radius 1 is 0.436 bits per heavy atom. The largest absolute Gasteiger partial charge is 0.311 e. The molecule has 0 bridgehead atoms. The number of benzene rings is 9. The van der Waals surface area contributed by atoms with E-state index in [9.17, 15) is 0 Å². The van der Waals surface area contributed by atoms with Gasteiger partial charge in [-0.3, -0.25) is 0 Å². The topological polar surface area (TPSA) is 11.4 Å². The number of rotatable bonds is 5. The molecule has 0 unspecified atom stereocenters. The summed E-state index contributed by atoms with van der Waals surface area (Å²) in [5.74, 6) is 0.393. The van der Waals surface area contributed by atoms with Crippen LogP contribution in [0.4, 0.5) is 34.1 Å². The maximum atomic E-state index is 2.70. The number of thiophene rings is 1. The predicted octanol–water partition coefficient (Wildman–Crippen LogP) is 19.2. The van der Waals surface area contributed by atoms with Crippen molar-refractivity contribution in [2.45, 2.75) is 126 Å². The fourth-order valence-corrected chi connectivity index (χ4v) is 14.5. The molecule has 0 aliphatic carbocycles. The van der Waals surface area contributed by atoms with E-state index in [-0.39, 0.29) is 23.0 Å². The van der Waals surface area contributed by atoms with E-state index in [2.05, 4.69) is 276 Å². The Labute approximate surface area is 467 Å². The lowest BCUT2D eigenvalue weighted by molar-refractivity contribution is 0.589. The highest BCUT2D eigenvalue weighted by Crippen LogP contribution is 2.52. The van der Waals surface area contributed by atoms with E-state index in [4.69, 9.17) is 0 Å². The Morgan fingerprint density at radius 2 is 0.987 bits per heavy atom. The van der Waals surface area contributed by atoms with Crippen LogP contribution in [0.3, 0.4) is 0 Å². The Kier molecular flexibility index (Phi) is 11.3. The maximum absolute atomic E-state index is 2.70.